The molecule has 4 aromatic rings. The van der Waals surface area contributed by atoms with Gasteiger partial charge in [-0.2, -0.15) is 0 Å². The summed E-state index contributed by atoms with van der Waals surface area (Å²) in [4.78, 5) is 0. The van der Waals surface area contributed by atoms with Crippen molar-refractivity contribution in [2.75, 3.05) is 0 Å². The number of halogens is 2. The molecule has 3 aromatic carbocycles. The average Bonchev–Trinajstić information content (AvgIpc) is 3.59. The van der Waals surface area contributed by atoms with E-state index in [1.807, 2.05) is 0 Å². The number of hydrogen-bond acceptors (Lipinski definition) is 0. The summed E-state index contributed by atoms with van der Waals surface area (Å²) in [5, 5.41) is 0. The molecular formula is C29H33Cl2PSiZr. The van der Waals surface area contributed by atoms with Crippen LogP contribution in [0.4, 0.5) is 0 Å². The summed E-state index contributed by atoms with van der Waals surface area (Å²) in [7, 11) is 0.726. The Hall–Kier alpha value is -1.40. The SMILES string of the molecule is C[SiH](C)[Zr]([C]1=CC=CC1)([c]1ccccc1)([c]1ccccc1)([c]1ccccc1)[c]1ccc[pH]1.Cl.Cl. The van der Waals surface area contributed by atoms with Crippen molar-refractivity contribution < 1.29 is 16.5 Å². The Morgan fingerprint density at radius 2 is 1.12 bits per heavy atom. The zero-order valence-corrected chi connectivity index (χ0v) is 26.0. The summed E-state index contributed by atoms with van der Waals surface area (Å²) in [5.74, 6) is 0.928. The van der Waals surface area contributed by atoms with Gasteiger partial charge < -0.3 is 0 Å². The molecule has 1 aliphatic rings. The third-order valence-corrected chi connectivity index (χ3v) is 72.7. The Balaban J connectivity index is 0.00000162. The third kappa shape index (κ3) is 2.87. The van der Waals surface area contributed by atoms with Gasteiger partial charge in [0.05, 0.1) is 0 Å². The van der Waals surface area contributed by atoms with E-state index in [0.29, 0.717) is 0 Å². The first kappa shape index (κ1) is 27.2. The molecule has 1 aliphatic carbocycles. The van der Waals surface area contributed by atoms with Gasteiger partial charge in [-0.1, -0.05) is 0 Å². The van der Waals surface area contributed by atoms with Gasteiger partial charge in [0.25, 0.3) is 0 Å². The Labute approximate surface area is 216 Å². The van der Waals surface area contributed by atoms with Crippen LogP contribution >= 0.6 is 33.0 Å². The molecule has 0 nitrogen and oxygen atoms in total. The molecule has 1 unspecified atom stereocenters. The smallest absolute Gasteiger partial charge is 0.147 e. The Morgan fingerprint density at radius 1 is 0.647 bits per heavy atom. The summed E-state index contributed by atoms with van der Waals surface area (Å²) >= 11 is -5.06. The maximum Gasteiger partial charge on any atom is -0.147 e. The maximum absolute atomic E-state index is 5.06. The molecule has 34 heavy (non-hydrogen) atoms. The standard InChI is InChI=1S/3C6H5.C5H5.C4H4P.C2H7Si.2ClH.Zr/c3*1-2-4-6-5-3-1;2*1-2-4-5-3-1;1-3-2;;;/h3*1-5H;1-3H,4H2;1-3,5H;3H,1-2H3;2*1H;. The van der Waals surface area contributed by atoms with Crippen molar-refractivity contribution in [2.24, 2.45) is 0 Å². The molecule has 0 fully saturated rings. The minimum Gasteiger partial charge on any atom is -0.147 e. The number of hydrogen-bond donors (Lipinski definition) is 0. The van der Waals surface area contributed by atoms with Gasteiger partial charge in [-0.3, -0.25) is 0 Å². The molecule has 176 valence electrons. The summed E-state index contributed by atoms with van der Waals surface area (Å²) in [6.45, 7) is 5.29. The van der Waals surface area contributed by atoms with Crippen LogP contribution in [-0.2, 0) is 16.5 Å². The van der Waals surface area contributed by atoms with Gasteiger partial charge >= 0.3 is 193 Å². The molecule has 1 atom stereocenters. The summed E-state index contributed by atoms with van der Waals surface area (Å²) in [6.07, 6.45) is 8.27. The van der Waals surface area contributed by atoms with Gasteiger partial charge in [0, 0.05) is 0 Å². The van der Waals surface area contributed by atoms with E-state index in [-0.39, 0.29) is 24.8 Å². The topological polar surface area (TPSA) is 0 Å². The largest absolute Gasteiger partial charge is 0.147 e. The molecule has 0 saturated carbocycles. The van der Waals surface area contributed by atoms with Gasteiger partial charge in [0.1, 0.15) is 0 Å². The molecule has 5 heteroatoms. The minimum atomic E-state index is -5.06. The third-order valence-electron chi connectivity index (χ3n) is 8.89. The van der Waals surface area contributed by atoms with Gasteiger partial charge in [-0.25, -0.2) is 0 Å². The number of allylic oxidation sites excluding steroid dienone is 4. The monoisotopic (exact) mass is 600 g/mol. The van der Waals surface area contributed by atoms with Crippen LogP contribution < -0.4 is 12.8 Å². The van der Waals surface area contributed by atoms with E-state index in [9.17, 15) is 0 Å². The Bertz CT molecular complexity index is 1200. The fourth-order valence-electron chi connectivity index (χ4n) is 7.64. The molecule has 0 N–H and O–H groups in total. The van der Waals surface area contributed by atoms with Crippen molar-refractivity contribution in [1.29, 1.82) is 0 Å². The molecule has 0 radical (unpaired) electrons. The van der Waals surface area contributed by atoms with Crippen LogP contribution in [-0.4, -0.2) is 5.92 Å². The fourth-order valence-corrected chi connectivity index (χ4v) is 75.7. The van der Waals surface area contributed by atoms with Crippen LogP contribution in [0, 0.1) is 0 Å². The van der Waals surface area contributed by atoms with Crippen LogP contribution in [0.15, 0.2) is 130 Å². The van der Waals surface area contributed by atoms with Gasteiger partial charge in [-0.05, 0) is 0 Å². The summed E-state index contributed by atoms with van der Waals surface area (Å²) in [6, 6.07) is 39.9. The molecule has 5 rings (SSSR count). The predicted molar refractivity (Wildman–Crippen MR) is 159 cm³/mol. The van der Waals surface area contributed by atoms with Crippen molar-refractivity contribution in [3.8, 4) is 0 Å². The minimum absolute atomic E-state index is 0. The van der Waals surface area contributed by atoms with Gasteiger partial charge in [0.2, 0.25) is 0 Å². The molecule has 0 spiro atoms. The van der Waals surface area contributed by atoms with Crippen LogP contribution in [0.1, 0.15) is 6.42 Å². The van der Waals surface area contributed by atoms with E-state index in [4.69, 9.17) is 0 Å². The van der Waals surface area contributed by atoms with Gasteiger partial charge in [0.15, 0.2) is 0 Å². The van der Waals surface area contributed by atoms with Gasteiger partial charge in [-0.15, -0.1) is 24.8 Å². The molecule has 1 heterocycles. The van der Waals surface area contributed by atoms with Crippen molar-refractivity contribution >= 4 is 51.7 Å². The molecule has 0 aliphatic heterocycles. The quantitative estimate of drug-likeness (QED) is 0.230. The van der Waals surface area contributed by atoms with Crippen molar-refractivity contribution in [3.05, 3.63) is 130 Å². The zero-order valence-electron chi connectivity index (χ0n) is 19.7. The second kappa shape index (κ2) is 9.93. The molecular weight excluding hydrogens is 570 g/mol. The number of benzene rings is 3. The summed E-state index contributed by atoms with van der Waals surface area (Å²) < 4.78 is 8.17. The van der Waals surface area contributed by atoms with Crippen LogP contribution in [0.2, 0.25) is 13.1 Å². The van der Waals surface area contributed by atoms with Crippen LogP contribution in [0.5, 0.6) is 0 Å². The van der Waals surface area contributed by atoms with E-state index in [1.165, 1.54) is 0 Å². The first-order valence-electron chi connectivity index (χ1n) is 11.6. The number of rotatable bonds is 6. The first-order valence-corrected chi connectivity index (χ1v) is 26.0. The molecule has 0 saturated heterocycles. The molecule has 0 bridgehead atoms. The fraction of sp³-hybridized carbons (Fsp3) is 0.103. The van der Waals surface area contributed by atoms with Crippen LogP contribution in [0.3, 0.4) is 0 Å². The molecule has 1 aromatic heterocycles. The average molecular weight is 603 g/mol. The van der Waals surface area contributed by atoms with Crippen LogP contribution in [0.25, 0.3) is 0 Å². The maximum atomic E-state index is 2.65. The molecule has 0 amide bonds. The van der Waals surface area contributed by atoms with E-state index >= 15 is 0 Å². The Morgan fingerprint density at radius 3 is 1.44 bits per heavy atom. The first-order chi connectivity index (χ1) is 15.7. The van der Waals surface area contributed by atoms with E-state index < -0.39 is 22.4 Å². The van der Waals surface area contributed by atoms with Crippen molar-refractivity contribution in [2.45, 2.75) is 19.5 Å². The second-order valence-electron chi connectivity index (χ2n) is 9.63. The van der Waals surface area contributed by atoms with Crippen molar-refractivity contribution in [3.63, 3.8) is 0 Å². The van der Waals surface area contributed by atoms with E-state index in [1.54, 1.807) is 16.1 Å². The zero-order chi connectivity index (χ0) is 22.1. The Kier molecular flexibility index (Phi) is 7.94. The predicted octanol–water partition coefficient (Wildman–Crippen LogP) is 6.22. The second-order valence-corrected chi connectivity index (χ2v) is 48.2. The van der Waals surface area contributed by atoms with Crippen molar-refractivity contribution in [1.82, 2.24) is 0 Å². The van der Waals surface area contributed by atoms with E-state index in [2.05, 4.69) is 140 Å². The van der Waals surface area contributed by atoms with E-state index in [0.717, 1.165) is 14.6 Å². The normalized spacial score (nSPS) is 15.2. The summed E-state index contributed by atoms with van der Waals surface area (Å²) in [5.41, 5.74) is 0.